The van der Waals surface area contributed by atoms with Gasteiger partial charge in [0.25, 0.3) is 11.1 Å². The molecule has 10 heteroatoms. The summed E-state index contributed by atoms with van der Waals surface area (Å²) in [4.78, 5) is 40.6. The van der Waals surface area contributed by atoms with Gasteiger partial charge in [0.15, 0.2) is 0 Å². The Hall–Kier alpha value is -2.72. The van der Waals surface area contributed by atoms with Crippen molar-refractivity contribution in [2.24, 2.45) is 11.8 Å². The molecule has 202 valence electrons. The highest BCUT2D eigenvalue weighted by atomic mass is 32.2. The van der Waals surface area contributed by atoms with Gasteiger partial charge in [0, 0.05) is 29.3 Å². The van der Waals surface area contributed by atoms with Crippen LogP contribution in [0.1, 0.15) is 81.1 Å². The molecular formula is C27H39N5O4S. The number of nitrogens with one attached hydrogen (secondary N) is 2. The quantitative estimate of drug-likeness (QED) is 0.444. The number of rotatable bonds is 10. The lowest BCUT2D eigenvalue weighted by molar-refractivity contribution is -0.134. The third-order valence-corrected chi connectivity index (χ3v) is 7.21. The second-order valence-electron chi connectivity index (χ2n) is 10.6. The lowest BCUT2D eigenvalue weighted by Crippen LogP contribution is -2.43. The number of thioether (sulfide) groups is 1. The SMILES string of the molecule is CC(C)Sc1nnc([C@@H](C(=O)NC(=O)C2CCC(NC(=O)c3ccc(CN(C)C)cc3)CC2)C(C)C)o1. The van der Waals surface area contributed by atoms with Crippen LogP contribution in [0.15, 0.2) is 33.9 Å². The fourth-order valence-electron chi connectivity index (χ4n) is 4.49. The predicted molar refractivity (Wildman–Crippen MR) is 143 cm³/mol. The first kappa shape index (κ1) is 28.8. The second kappa shape index (κ2) is 13.2. The first-order valence-corrected chi connectivity index (χ1v) is 13.8. The van der Waals surface area contributed by atoms with Gasteiger partial charge in [0.2, 0.25) is 17.7 Å². The fraction of sp³-hybridized carbons (Fsp3) is 0.593. The molecule has 0 bridgehead atoms. The average Bonchev–Trinajstić information content (AvgIpc) is 3.26. The van der Waals surface area contributed by atoms with Gasteiger partial charge in [0.05, 0.1) is 0 Å². The number of benzene rings is 1. The zero-order valence-corrected chi connectivity index (χ0v) is 23.4. The third-order valence-electron chi connectivity index (χ3n) is 6.37. The maximum Gasteiger partial charge on any atom is 0.276 e. The van der Waals surface area contributed by atoms with Crippen molar-refractivity contribution < 1.29 is 18.8 Å². The van der Waals surface area contributed by atoms with E-state index in [-0.39, 0.29) is 40.8 Å². The van der Waals surface area contributed by atoms with Crippen molar-refractivity contribution in [1.29, 1.82) is 0 Å². The van der Waals surface area contributed by atoms with E-state index >= 15 is 0 Å². The van der Waals surface area contributed by atoms with Crippen LogP contribution in [0, 0.1) is 11.8 Å². The molecule has 3 amide bonds. The minimum atomic E-state index is -0.697. The summed E-state index contributed by atoms with van der Waals surface area (Å²) < 4.78 is 5.70. The highest BCUT2D eigenvalue weighted by Crippen LogP contribution is 2.29. The van der Waals surface area contributed by atoms with Crippen molar-refractivity contribution in [3.63, 3.8) is 0 Å². The Balaban J connectivity index is 1.49. The summed E-state index contributed by atoms with van der Waals surface area (Å²) in [5.41, 5.74) is 1.78. The van der Waals surface area contributed by atoms with Crippen molar-refractivity contribution in [3.8, 4) is 0 Å². The van der Waals surface area contributed by atoms with E-state index in [1.807, 2.05) is 66.1 Å². The molecule has 3 rings (SSSR count). The van der Waals surface area contributed by atoms with E-state index in [0.29, 0.717) is 36.5 Å². The van der Waals surface area contributed by atoms with Crippen LogP contribution in [0.2, 0.25) is 0 Å². The average molecular weight is 530 g/mol. The van der Waals surface area contributed by atoms with Crippen molar-refractivity contribution in [1.82, 2.24) is 25.7 Å². The number of nitrogens with zero attached hydrogens (tertiary/aromatic N) is 3. The zero-order chi connectivity index (χ0) is 27.1. The van der Waals surface area contributed by atoms with Gasteiger partial charge in [-0.2, -0.15) is 0 Å². The van der Waals surface area contributed by atoms with Crippen LogP contribution in [0.25, 0.3) is 0 Å². The first-order chi connectivity index (χ1) is 17.5. The number of imide groups is 1. The number of aromatic nitrogens is 2. The lowest BCUT2D eigenvalue weighted by atomic mass is 9.85. The van der Waals surface area contributed by atoms with Gasteiger partial charge >= 0.3 is 0 Å². The van der Waals surface area contributed by atoms with Crippen LogP contribution >= 0.6 is 11.8 Å². The molecule has 1 saturated carbocycles. The molecule has 0 unspecified atom stereocenters. The van der Waals surface area contributed by atoms with Crippen molar-refractivity contribution >= 4 is 29.5 Å². The van der Waals surface area contributed by atoms with Gasteiger partial charge in [0.1, 0.15) is 5.92 Å². The predicted octanol–water partition coefficient (Wildman–Crippen LogP) is 4.00. The van der Waals surface area contributed by atoms with Crippen molar-refractivity contribution in [2.75, 3.05) is 14.1 Å². The van der Waals surface area contributed by atoms with E-state index in [4.69, 9.17) is 4.42 Å². The van der Waals surface area contributed by atoms with Gasteiger partial charge in [-0.1, -0.05) is 51.6 Å². The van der Waals surface area contributed by atoms with Gasteiger partial charge in [-0.05, 0) is 63.4 Å². The largest absolute Gasteiger partial charge is 0.415 e. The van der Waals surface area contributed by atoms with Crippen molar-refractivity contribution in [3.05, 3.63) is 41.3 Å². The maximum absolute atomic E-state index is 13.0. The fourth-order valence-corrected chi connectivity index (χ4v) is 5.12. The molecule has 2 aromatic rings. The van der Waals surface area contributed by atoms with E-state index in [1.165, 1.54) is 11.8 Å². The van der Waals surface area contributed by atoms with Crippen LogP contribution in [0.3, 0.4) is 0 Å². The monoisotopic (exact) mass is 529 g/mol. The van der Waals surface area contributed by atoms with E-state index in [1.54, 1.807) is 0 Å². The zero-order valence-electron chi connectivity index (χ0n) is 22.6. The van der Waals surface area contributed by atoms with E-state index in [0.717, 1.165) is 12.1 Å². The number of carbonyl (C=O) groups is 3. The Morgan fingerprint density at radius 1 is 1.03 bits per heavy atom. The van der Waals surface area contributed by atoms with Crippen LogP contribution in [-0.2, 0) is 16.1 Å². The molecule has 0 saturated heterocycles. The summed E-state index contributed by atoms with van der Waals surface area (Å²) in [6, 6.07) is 7.63. The smallest absolute Gasteiger partial charge is 0.276 e. The number of hydrogen-bond donors (Lipinski definition) is 2. The summed E-state index contributed by atoms with van der Waals surface area (Å²) >= 11 is 1.43. The Labute approximate surface area is 223 Å². The molecule has 0 aliphatic heterocycles. The Morgan fingerprint density at radius 2 is 1.68 bits per heavy atom. The van der Waals surface area contributed by atoms with Crippen LogP contribution in [0.4, 0.5) is 0 Å². The number of hydrogen-bond acceptors (Lipinski definition) is 8. The summed E-state index contributed by atoms with van der Waals surface area (Å²) in [5.74, 6) is -1.67. The van der Waals surface area contributed by atoms with Gasteiger partial charge < -0.3 is 14.6 Å². The Kier molecular flexibility index (Phi) is 10.3. The van der Waals surface area contributed by atoms with Gasteiger partial charge in [-0.15, -0.1) is 10.2 Å². The normalized spacial score (nSPS) is 18.7. The van der Waals surface area contributed by atoms with Crippen molar-refractivity contribution in [2.45, 2.75) is 82.4 Å². The minimum Gasteiger partial charge on any atom is -0.415 e. The lowest BCUT2D eigenvalue weighted by Gasteiger charge is -2.28. The summed E-state index contributed by atoms with van der Waals surface area (Å²) in [6.45, 7) is 8.63. The Bertz CT molecular complexity index is 1060. The molecule has 0 radical (unpaired) electrons. The van der Waals surface area contributed by atoms with Crippen LogP contribution in [-0.4, -0.2) is 58.2 Å². The van der Waals surface area contributed by atoms with Gasteiger partial charge in [-0.25, -0.2) is 0 Å². The van der Waals surface area contributed by atoms with E-state index < -0.39 is 11.8 Å². The maximum atomic E-state index is 13.0. The molecule has 0 spiro atoms. The number of carbonyl (C=O) groups excluding carboxylic acids is 3. The van der Waals surface area contributed by atoms with E-state index in [9.17, 15) is 14.4 Å². The highest BCUT2D eigenvalue weighted by molar-refractivity contribution is 7.99. The second-order valence-corrected chi connectivity index (χ2v) is 12.1. The third kappa shape index (κ3) is 8.39. The molecule has 1 fully saturated rings. The number of amides is 3. The van der Waals surface area contributed by atoms with Crippen LogP contribution in [0.5, 0.6) is 0 Å². The Morgan fingerprint density at radius 3 is 2.24 bits per heavy atom. The molecule has 1 atom stereocenters. The topological polar surface area (TPSA) is 117 Å². The van der Waals surface area contributed by atoms with E-state index in [2.05, 4.69) is 25.7 Å². The standard InChI is InChI=1S/C27H39N5O4S/c1-16(2)22(26-30-31-27(36-26)37-17(3)4)25(35)29-24(34)20-11-13-21(14-12-20)28-23(33)19-9-7-18(8-10-19)15-32(5)6/h7-10,16-17,20-22H,11-15H2,1-6H3,(H,28,33)(H,29,34,35)/t20?,21?,22-/m1/s1. The molecule has 1 aromatic carbocycles. The highest BCUT2D eigenvalue weighted by Gasteiger charge is 2.34. The summed E-state index contributed by atoms with van der Waals surface area (Å²) in [7, 11) is 4.01. The van der Waals surface area contributed by atoms with Gasteiger partial charge in [-0.3, -0.25) is 19.7 Å². The molecular weight excluding hydrogens is 490 g/mol. The first-order valence-electron chi connectivity index (χ1n) is 12.9. The molecule has 1 aliphatic rings. The van der Waals surface area contributed by atoms with Crippen LogP contribution < -0.4 is 10.6 Å². The minimum absolute atomic E-state index is 0.00684. The molecule has 1 aromatic heterocycles. The molecule has 37 heavy (non-hydrogen) atoms. The molecule has 1 aliphatic carbocycles. The summed E-state index contributed by atoms with van der Waals surface area (Å²) in [5, 5.41) is 14.4. The molecule has 1 heterocycles. The molecule has 9 nitrogen and oxygen atoms in total. The molecule has 2 N–H and O–H groups in total. The summed E-state index contributed by atoms with van der Waals surface area (Å²) in [6.07, 6.45) is 2.58.